The summed E-state index contributed by atoms with van der Waals surface area (Å²) in [6, 6.07) is -2.80. The lowest BCUT2D eigenvalue weighted by molar-refractivity contribution is -0.340. The molecule has 0 spiro atoms. The molecule has 2 amide bonds. The number of amides is 2. The zero-order chi connectivity index (χ0) is 29.2. The molecule has 0 aromatic carbocycles. The summed E-state index contributed by atoms with van der Waals surface area (Å²) >= 11 is 0. The molecule has 0 radical (unpaired) electrons. The second-order valence-corrected chi connectivity index (χ2v) is 9.83. The van der Waals surface area contributed by atoms with Crippen LogP contribution in [0.15, 0.2) is 0 Å². The molecule has 3 fully saturated rings. The van der Waals surface area contributed by atoms with Gasteiger partial charge in [0.15, 0.2) is 18.9 Å². The third-order valence-corrected chi connectivity index (χ3v) is 6.84. The van der Waals surface area contributed by atoms with Gasteiger partial charge in [-0.25, -0.2) is 0 Å². The summed E-state index contributed by atoms with van der Waals surface area (Å²) in [5.41, 5.74) is 0. The highest BCUT2D eigenvalue weighted by atomic mass is 16.7. The minimum atomic E-state index is -1.77. The predicted octanol–water partition coefficient (Wildman–Crippen LogP) is -6.26. The topological polar surface area (TPSA) is 266 Å². The van der Waals surface area contributed by atoms with Crippen molar-refractivity contribution in [2.45, 2.75) is 113 Å². The lowest BCUT2D eigenvalue weighted by Gasteiger charge is -2.48. The zero-order valence-corrected chi connectivity index (χ0v) is 21.5. The normalized spacial score (nSPS) is 46.9. The molecule has 3 heterocycles. The molecular weight excluding hydrogens is 532 g/mol. The van der Waals surface area contributed by atoms with Crippen LogP contribution in [0.25, 0.3) is 0 Å². The molecule has 3 saturated heterocycles. The van der Waals surface area contributed by atoms with Crippen LogP contribution in [0.5, 0.6) is 0 Å². The lowest BCUT2D eigenvalue weighted by Crippen LogP contribution is -2.69. The van der Waals surface area contributed by atoms with Gasteiger partial charge in [0.05, 0.1) is 19.3 Å². The highest BCUT2D eigenvalue weighted by molar-refractivity contribution is 5.73. The minimum absolute atomic E-state index is 0.547. The third kappa shape index (κ3) is 7.20. The van der Waals surface area contributed by atoms with Gasteiger partial charge in [0, 0.05) is 13.8 Å². The Morgan fingerprint density at radius 3 is 1.92 bits per heavy atom. The average Bonchev–Trinajstić information content (AvgIpc) is 2.87. The highest BCUT2D eigenvalue weighted by Crippen LogP contribution is 2.30. The Morgan fingerprint density at radius 1 is 0.718 bits per heavy atom. The van der Waals surface area contributed by atoms with Crippen LogP contribution in [0.4, 0.5) is 0 Å². The van der Waals surface area contributed by atoms with Crippen molar-refractivity contribution < 1.29 is 74.1 Å². The molecule has 226 valence electrons. The Bertz CT molecular complexity index is 837. The maximum atomic E-state index is 11.8. The van der Waals surface area contributed by atoms with Crippen molar-refractivity contribution >= 4 is 11.8 Å². The van der Waals surface area contributed by atoms with E-state index in [9.17, 15) is 50.4 Å². The Kier molecular flexibility index (Phi) is 11.0. The molecule has 0 aliphatic carbocycles. The van der Waals surface area contributed by atoms with Crippen molar-refractivity contribution in [2.24, 2.45) is 0 Å². The quantitative estimate of drug-likeness (QED) is 0.130. The summed E-state index contributed by atoms with van der Waals surface area (Å²) in [6.07, 6.45) is -19.6. The van der Waals surface area contributed by atoms with Crippen molar-refractivity contribution in [1.82, 2.24) is 10.6 Å². The van der Waals surface area contributed by atoms with E-state index in [-0.39, 0.29) is 0 Å². The maximum absolute atomic E-state index is 11.8. The van der Waals surface area contributed by atoms with Crippen molar-refractivity contribution in [3.05, 3.63) is 0 Å². The SMILES string of the molecule is CC(=O)N[C@@H]1[C@@H](O)[C@H](O[C@@H]2O[C@H](CO)[C@@H](O)[C@H](O)[C@H]2NC(C)=O)[C@@H](CO[C@@H]2O[C@@H](C)[C@H](O)[C@H](O)[C@@H]2O)O[C@H]1O. The van der Waals surface area contributed by atoms with Crippen LogP contribution in [-0.2, 0) is 33.3 Å². The lowest BCUT2D eigenvalue weighted by atomic mass is 9.94. The van der Waals surface area contributed by atoms with Gasteiger partial charge in [0.1, 0.15) is 67.0 Å². The molecule has 3 aliphatic heterocycles. The Labute approximate surface area is 223 Å². The van der Waals surface area contributed by atoms with E-state index < -0.39 is 117 Å². The van der Waals surface area contributed by atoms with E-state index in [4.69, 9.17) is 23.7 Å². The highest BCUT2D eigenvalue weighted by Gasteiger charge is 2.52. The average molecular weight is 571 g/mol. The molecule has 39 heavy (non-hydrogen) atoms. The van der Waals surface area contributed by atoms with Gasteiger partial charge < -0.3 is 75.2 Å². The van der Waals surface area contributed by atoms with Crippen molar-refractivity contribution in [1.29, 1.82) is 0 Å². The van der Waals surface area contributed by atoms with Crippen LogP contribution >= 0.6 is 0 Å². The molecule has 0 bridgehead atoms. The van der Waals surface area contributed by atoms with E-state index in [1.165, 1.54) is 6.92 Å². The molecule has 3 rings (SSSR count). The molecule has 15 atom stereocenters. The molecule has 10 N–H and O–H groups in total. The fraction of sp³-hybridized carbons (Fsp3) is 0.909. The summed E-state index contributed by atoms with van der Waals surface area (Å²) in [5.74, 6) is -1.25. The largest absolute Gasteiger partial charge is 0.394 e. The summed E-state index contributed by atoms with van der Waals surface area (Å²) in [6.45, 7) is 2.42. The van der Waals surface area contributed by atoms with Crippen LogP contribution in [-0.4, -0.2) is 158 Å². The van der Waals surface area contributed by atoms with Crippen LogP contribution in [0.3, 0.4) is 0 Å². The van der Waals surface area contributed by atoms with E-state index in [1.54, 1.807) is 0 Å². The first kappa shape index (κ1) is 31.9. The van der Waals surface area contributed by atoms with Gasteiger partial charge in [0.2, 0.25) is 11.8 Å². The Morgan fingerprint density at radius 2 is 1.33 bits per heavy atom. The van der Waals surface area contributed by atoms with E-state index >= 15 is 0 Å². The molecule has 0 saturated carbocycles. The fourth-order valence-corrected chi connectivity index (χ4v) is 4.71. The Balaban J connectivity index is 1.84. The molecule has 0 aromatic heterocycles. The van der Waals surface area contributed by atoms with E-state index in [0.29, 0.717) is 0 Å². The summed E-state index contributed by atoms with van der Waals surface area (Å²) < 4.78 is 27.9. The van der Waals surface area contributed by atoms with Gasteiger partial charge in [-0.1, -0.05) is 0 Å². The molecule has 3 aliphatic rings. The second-order valence-electron chi connectivity index (χ2n) is 9.83. The smallest absolute Gasteiger partial charge is 0.217 e. The monoisotopic (exact) mass is 570 g/mol. The number of hydrogen-bond donors (Lipinski definition) is 10. The molecule has 17 nitrogen and oxygen atoms in total. The van der Waals surface area contributed by atoms with Gasteiger partial charge in [-0.2, -0.15) is 0 Å². The first-order valence-electron chi connectivity index (χ1n) is 12.4. The van der Waals surface area contributed by atoms with Crippen molar-refractivity contribution in [3.63, 3.8) is 0 Å². The summed E-state index contributed by atoms with van der Waals surface area (Å²) in [5, 5.41) is 86.8. The van der Waals surface area contributed by atoms with Crippen molar-refractivity contribution in [3.8, 4) is 0 Å². The molecule has 0 unspecified atom stereocenters. The number of hydrogen-bond acceptors (Lipinski definition) is 15. The first-order chi connectivity index (χ1) is 18.3. The van der Waals surface area contributed by atoms with Gasteiger partial charge in [0.25, 0.3) is 0 Å². The zero-order valence-electron chi connectivity index (χ0n) is 21.5. The fourth-order valence-electron chi connectivity index (χ4n) is 4.71. The number of aliphatic hydroxyl groups is 8. The van der Waals surface area contributed by atoms with Crippen molar-refractivity contribution in [2.75, 3.05) is 13.2 Å². The van der Waals surface area contributed by atoms with Gasteiger partial charge in [-0.05, 0) is 6.92 Å². The molecule has 17 heteroatoms. The van der Waals surface area contributed by atoms with Crippen LogP contribution in [0, 0.1) is 0 Å². The second kappa shape index (κ2) is 13.4. The van der Waals surface area contributed by atoms with E-state index in [1.807, 2.05) is 0 Å². The van der Waals surface area contributed by atoms with E-state index in [0.717, 1.165) is 13.8 Å². The molecule has 0 aromatic rings. The van der Waals surface area contributed by atoms with Gasteiger partial charge in [-0.15, -0.1) is 0 Å². The van der Waals surface area contributed by atoms with Gasteiger partial charge >= 0.3 is 0 Å². The van der Waals surface area contributed by atoms with Crippen LogP contribution in [0.1, 0.15) is 20.8 Å². The maximum Gasteiger partial charge on any atom is 0.217 e. The Hall–Kier alpha value is -1.58. The summed E-state index contributed by atoms with van der Waals surface area (Å²) in [7, 11) is 0. The number of ether oxygens (including phenoxy) is 5. The number of carbonyl (C=O) groups excluding carboxylic acids is 2. The molecular formula is C22H38N2O15. The van der Waals surface area contributed by atoms with Crippen LogP contribution in [0.2, 0.25) is 0 Å². The number of aliphatic hydroxyl groups excluding tert-OH is 8. The first-order valence-corrected chi connectivity index (χ1v) is 12.4. The minimum Gasteiger partial charge on any atom is -0.394 e. The van der Waals surface area contributed by atoms with E-state index in [2.05, 4.69) is 10.6 Å². The predicted molar refractivity (Wildman–Crippen MR) is 123 cm³/mol. The standard InChI is InChI=1S/C22H38N2O15/c1-6-13(28)17(32)18(33)22(36-6)35-5-10-19(16(31)11(20(34)37-10)23-7(2)26)39-21-12(24-8(3)27)15(30)14(29)9(4-25)38-21/h6,9-22,25,28-34H,4-5H2,1-3H3,(H,23,26)(H,24,27)/t6-,9+,10+,11+,12+,13-,14+,15+,16+,17-,18-,19+,20+,21-,22+/m0/s1. The number of nitrogens with one attached hydrogen (secondary N) is 2. The van der Waals surface area contributed by atoms with Crippen LogP contribution < -0.4 is 10.6 Å². The third-order valence-electron chi connectivity index (χ3n) is 6.84. The van der Waals surface area contributed by atoms with Gasteiger partial charge in [-0.3, -0.25) is 9.59 Å². The number of carbonyl (C=O) groups is 2. The number of rotatable bonds is 8. The summed E-state index contributed by atoms with van der Waals surface area (Å²) in [4.78, 5) is 23.4.